The van der Waals surface area contributed by atoms with Crippen molar-refractivity contribution in [1.29, 1.82) is 0 Å². The average Bonchev–Trinajstić information content (AvgIpc) is 2.90. The number of aromatic nitrogens is 3. The molecule has 1 aromatic carbocycles. The predicted molar refractivity (Wildman–Crippen MR) is 83.3 cm³/mol. The number of amides is 1. The van der Waals surface area contributed by atoms with Crippen LogP contribution in [0.4, 0.5) is 10.5 Å². The minimum absolute atomic E-state index is 0.360. The molecular formula is C14H12N4O3S. The molecule has 0 aliphatic heterocycles. The van der Waals surface area contributed by atoms with Gasteiger partial charge in [-0.25, -0.2) is 14.8 Å². The molecule has 1 amide bonds. The first-order valence-corrected chi connectivity index (χ1v) is 7.88. The van der Waals surface area contributed by atoms with Gasteiger partial charge in [0, 0.05) is 27.5 Å². The zero-order valence-corrected chi connectivity index (χ0v) is 12.3. The van der Waals surface area contributed by atoms with Crippen LogP contribution in [0, 0.1) is 0 Å². The second-order valence-corrected chi connectivity index (χ2v) is 5.97. The topological polar surface area (TPSA) is 108 Å². The number of rotatable bonds is 3. The van der Waals surface area contributed by atoms with Crippen molar-refractivity contribution in [3.63, 3.8) is 0 Å². The molecule has 1 atom stereocenters. The summed E-state index contributed by atoms with van der Waals surface area (Å²) >= 11 is 0. The summed E-state index contributed by atoms with van der Waals surface area (Å²) in [6.07, 6.45) is 1.86. The molecule has 0 saturated heterocycles. The van der Waals surface area contributed by atoms with Gasteiger partial charge < -0.3 is 10.1 Å². The zero-order valence-electron chi connectivity index (χ0n) is 11.5. The Bertz CT molecular complexity index is 891. The van der Waals surface area contributed by atoms with E-state index in [0.29, 0.717) is 27.6 Å². The number of imidazole rings is 1. The Labute approximate surface area is 127 Å². The normalized spacial score (nSPS) is 12.2. The third-order valence-corrected chi connectivity index (χ3v) is 3.95. The van der Waals surface area contributed by atoms with Crippen LogP contribution in [-0.4, -0.2) is 36.6 Å². The van der Waals surface area contributed by atoms with Crippen LogP contribution in [0.25, 0.3) is 22.6 Å². The molecule has 7 nitrogen and oxygen atoms in total. The molecular weight excluding hydrogens is 304 g/mol. The molecule has 22 heavy (non-hydrogen) atoms. The number of aromatic amines is 1. The van der Waals surface area contributed by atoms with Gasteiger partial charge in [-0.2, -0.15) is 0 Å². The monoisotopic (exact) mass is 316 g/mol. The van der Waals surface area contributed by atoms with Gasteiger partial charge in [-0.1, -0.05) is 12.1 Å². The number of nitrogens with one attached hydrogen (secondary N) is 2. The van der Waals surface area contributed by atoms with Crippen LogP contribution in [0.15, 0.2) is 41.4 Å². The number of benzene rings is 1. The quantitative estimate of drug-likeness (QED) is 0.688. The number of pyridine rings is 1. The number of fused-ring (bicyclic) bond motifs is 1. The molecule has 8 heteroatoms. The molecule has 2 aromatic heterocycles. The first-order valence-electron chi connectivity index (χ1n) is 6.32. The first-order chi connectivity index (χ1) is 10.5. The molecule has 3 N–H and O–H groups in total. The summed E-state index contributed by atoms with van der Waals surface area (Å²) in [5.41, 5.74) is 2.25. The van der Waals surface area contributed by atoms with E-state index in [1.807, 2.05) is 12.1 Å². The fraction of sp³-hybridized carbons (Fsp3) is 0.0714. The molecule has 2 heterocycles. The molecule has 0 aliphatic carbocycles. The van der Waals surface area contributed by atoms with Gasteiger partial charge in [-0.05, 0) is 18.2 Å². The highest BCUT2D eigenvalue weighted by molar-refractivity contribution is 7.84. The average molecular weight is 316 g/mol. The molecule has 0 radical (unpaired) electrons. The van der Waals surface area contributed by atoms with Crippen molar-refractivity contribution in [2.24, 2.45) is 0 Å². The summed E-state index contributed by atoms with van der Waals surface area (Å²) < 4.78 is 11.6. The van der Waals surface area contributed by atoms with Crippen molar-refractivity contribution in [3.05, 3.63) is 36.5 Å². The van der Waals surface area contributed by atoms with Gasteiger partial charge in [0.1, 0.15) is 5.82 Å². The number of hydrogen-bond donors (Lipinski definition) is 3. The van der Waals surface area contributed by atoms with E-state index in [1.54, 1.807) is 24.5 Å². The van der Waals surface area contributed by atoms with Gasteiger partial charge in [-0.15, -0.1) is 0 Å². The predicted octanol–water partition coefficient (Wildman–Crippen LogP) is 2.45. The lowest BCUT2D eigenvalue weighted by molar-refractivity contribution is 0.209. The maximum Gasteiger partial charge on any atom is 0.409 e. The molecule has 0 aliphatic rings. The SMILES string of the molecule is CS(=O)c1cccc(-c2nc3ncc(NC(=O)O)cc3[nH]2)c1. The van der Waals surface area contributed by atoms with E-state index in [9.17, 15) is 9.00 Å². The summed E-state index contributed by atoms with van der Waals surface area (Å²) in [7, 11) is -1.07. The number of H-pyrrole nitrogens is 1. The van der Waals surface area contributed by atoms with E-state index in [-0.39, 0.29) is 0 Å². The Morgan fingerprint density at radius 1 is 1.36 bits per heavy atom. The van der Waals surface area contributed by atoms with Crippen LogP contribution >= 0.6 is 0 Å². The molecule has 3 aromatic rings. The van der Waals surface area contributed by atoms with Crippen molar-refractivity contribution in [3.8, 4) is 11.4 Å². The number of carboxylic acid groups (broad SMARTS) is 1. The summed E-state index contributed by atoms with van der Waals surface area (Å²) in [4.78, 5) is 22.9. The minimum Gasteiger partial charge on any atom is -0.465 e. The second-order valence-electron chi connectivity index (χ2n) is 4.59. The molecule has 0 spiro atoms. The number of carbonyl (C=O) groups is 1. The van der Waals surface area contributed by atoms with Crippen LogP contribution < -0.4 is 5.32 Å². The Morgan fingerprint density at radius 2 is 2.18 bits per heavy atom. The molecule has 0 saturated carbocycles. The van der Waals surface area contributed by atoms with Gasteiger partial charge in [0.25, 0.3) is 0 Å². The van der Waals surface area contributed by atoms with E-state index < -0.39 is 16.9 Å². The van der Waals surface area contributed by atoms with E-state index >= 15 is 0 Å². The highest BCUT2D eigenvalue weighted by Gasteiger charge is 2.09. The largest absolute Gasteiger partial charge is 0.465 e. The fourth-order valence-corrected chi connectivity index (χ4v) is 2.61. The van der Waals surface area contributed by atoms with E-state index in [1.165, 1.54) is 6.20 Å². The fourth-order valence-electron chi connectivity index (χ4n) is 2.05. The van der Waals surface area contributed by atoms with Crippen molar-refractivity contribution in [2.45, 2.75) is 4.90 Å². The Morgan fingerprint density at radius 3 is 2.91 bits per heavy atom. The summed E-state index contributed by atoms with van der Waals surface area (Å²) in [5.74, 6) is 0.585. The van der Waals surface area contributed by atoms with Gasteiger partial charge in [0.15, 0.2) is 5.65 Å². The summed E-state index contributed by atoms with van der Waals surface area (Å²) in [6.45, 7) is 0. The van der Waals surface area contributed by atoms with Crippen molar-refractivity contribution in [1.82, 2.24) is 15.0 Å². The third kappa shape index (κ3) is 2.82. The van der Waals surface area contributed by atoms with Crippen molar-refractivity contribution in [2.75, 3.05) is 11.6 Å². The maximum absolute atomic E-state index is 11.6. The highest BCUT2D eigenvalue weighted by Crippen LogP contribution is 2.22. The van der Waals surface area contributed by atoms with Crippen LogP contribution in [0.3, 0.4) is 0 Å². The number of anilines is 1. The number of hydrogen-bond acceptors (Lipinski definition) is 4. The van der Waals surface area contributed by atoms with Crippen molar-refractivity contribution < 1.29 is 14.1 Å². The van der Waals surface area contributed by atoms with E-state index in [2.05, 4.69) is 20.3 Å². The van der Waals surface area contributed by atoms with Gasteiger partial charge in [0.2, 0.25) is 0 Å². The molecule has 112 valence electrons. The van der Waals surface area contributed by atoms with Crippen LogP contribution in [0.5, 0.6) is 0 Å². The lowest BCUT2D eigenvalue weighted by atomic mass is 10.2. The summed E-state index contributed by atoms with van der Waals surface area (Å²) in [6, 6.07) is 8.86. The van der Waals surface area contributed by atoms with Crippen LogP contribution in [0.2, 0.25) is 0 Å². The molecule has 1 unspecified atom stereocenters. The zero-order chi connectivity index (χ0) is 15.7. The smallest absolute Gasteiger partial charge is 0.409 e. The van der Waals surface area contributed by atoms with E-state index in [4.69, 9.17) is 5.11 Å². The Balaban J connectivity index is 2.03. The van der Waals surface area contributed by atoms with Gasteiger partial charge in [-0.3, -0.25) is 9.53 Å². The lowest BCUT2D eigenvalue weighted by Gasteiger charge is -1.99. The van der Waals surface area contributed by atoms with Crippen LogP contribution in [0.1, 0.15) is 0 Å². The maximum atomic E-state index is 11.6. The first kappa shape index (κ1) is 14.2. The summed E-state index contributed by atoms with van der Waals surface area (Å²) in [5, 5.41) is 10.9. The van der Waals surface area contributed by atoms with Crippen LogP contribution in [-0.2, 0) is 10.8 Å². The molecule has 0 fully saturated rings. The minimum atomic E-state index is -1.15. The standard InChI is InChI=1S/C14H12N4O3S/c1-22(21)10-4-2-3-8(5-10)12-17-11-6-9(16-14(19)20)7-15-13(11)18-12/h2-7,16H,1H3,(H,19,20)(H,15,17,18). The molecule has 3 rings (SSSR count). The van der Waals surface area contributed by atoms with Gasteiger partial charge in [0.05, 0.1) is 17.4 Å². The van der Waals surface area contributed by atoms with Gasteiger partial charge >= 0.3 is 6.09 Å². The Kier molecular flexibility index (Phi) is 3.60. The lowest BCUT2D eigenvalue weighted by Crippen LogP contribution is -2.07. The number of nitrogens with zero attached hydrogens (tertiary/aromatic N) is 2. The molecule has 0 bridgehead atoms. The Hall–Kier alpha value is -2.74. The third-order valence-electron chi connectivity index (χ3n) is 3.03. The van der Waals surface area contributed by atoms with E-state index in [0.717, 1.165) is 5.56 Å². The highest BCUT2D eigenvalue weighted by atomic mass is 32.2. The van der Waals surface area contributed by atoms with Crippen molar-refractivity contribution >= 4 is 33.7 Å². The second kappa shape index (κ2) is 5.57.